The molecule has 0 heterocycles. The van der Waals surface area contributed by atoms with E-state index < -0.39 is 14.8 Å². The molecule has 5 aliphatic rings. The maximum atomic E-state index is 12.3. The Kier molecular flexibility index (Phi) is 3.58. The highest BCUT2D eigenvalue weighted by Gasteiger charge is 2.60. The van der Waals surface area contributed by atoms with Gasteiger partial charge in [-0.1, -0.05) is 18.2 Å². The number of para-hydroxylation sites is 1. The summed E-state index contributed by atoms with van der Waals surface area (Å²) in [5, 5.41) is 8.81. The highest BCUT2D eigenvalue weighted by Crippen LogP contribution is 2.63. The number of carbonyl (C=O) groups is 1. The number of benzene rings is 1. The fourth-order valence-electron chi connectivity index (χ4n) is 6.29. The Morgan fingerprint density at radius 1 is 1.08 bits per heavy atom. The van der Waals surface area contributed by atoms with Crippen molar-refractivity contribution >= 4 is 21.6 Å². The minimum absolute atomic E-state index is 0.127. The zero-order valence-electron chi connectivity index (χ0n) is 14.9. The van der Waals surface area contributed by atoms with Crippen LogP contribution in [0.1, 0.15) is 56.4 Å². The summed E-state index contributed by atoms with van der Waals surface area (Å²) >= 11 is 0. The van der Waals surface area contributed by atoms with E-state index in [4.69, 9.17) is 5.14 Å². The largest absolute Gasteiger partial charge is 0.326 e. The average molecular weight is 375 g/mol. The zero-order valence-corrected chi connectivity index (χ0v) is 15.7. The smallest absolute Gasteiger partial charge is 0.227 e. The lowest BCUT2D eigenvalue weighted by atomic mass is 9.50. The molecule has 4 bridgehead atoms. The van der Waals surface area contributed by atoms with Gasteiger partial charge in [0.15, 0.2) is 0 Å². The number of nitrogens with one attached hydrogen (secondary N) is 1. The monoisotopic (exact) mass is 374 g/mol. The van der Waals surface area contributed by atoms with E-state index in [1.54, 1.807) is 0 Å². The van der Waals surface area contributed by atoms with Gasteiger partial charge < -0.3 is 5.32 Å². The first kappa shape index (κ1) is 16.8. The van der Waals surface area contributed by atoms with Crippen molar-refractivity contribution in [3.63, 3.8) is 0 Å². The summed E-state index contributed by atoms with van der Waals surface area (Å²) in [6.45, 7) is 0. The topological polar surface area (TPSA) is 89.3 Å². The molecule has 2 atom stereocenters. The van der Waals surface area contributed by atoms with Gasteiger partial charge in [-0.2, -0.15) is 0 Å². The van der Waals surface area contributed by atoms with Gasteiger partial charge in [0.25, 0.3) is 0 Å². The summed E-state index contributed by atoms with van der Waals surface area (Å²) in [6.07, 6.45) is 6.24. The Labute approximate surface area is 154 Å². The third kappa shape index (κ3) is 2.53. The van der Waals surface area contributed by atoms with E-state index in [1.165, 1.54) is 5.56 Å². The first-order valence-corrected chi connectivity index (χ1v) is 11.3. The second kappa shape index (κ2) is 5.55. The predicted molar refractivity (Wildman–Crippen MR) is 99.9 cm³/mol. The molecule has 26 heavy (non-hydrogen) atoms. The molecule has 3 N–H and O–H groups in total. The van der Waals surface area contributed by atoms with E-state index >= 15 is 0 Å². The molecule has 140 valence electrons. The van der Waals surface area contributed by atoms with Gasteiger partial charge in [0, 0.05) is 11.6 Å². The maximum Gasteiger partial charge on any atom is 0.227 e. The highest BCUT2D eigenvalue weighted by atomic mass is 32.2. The van der Waals surface area contributed by atoms with Crippen molar-refractivity contribution in [2.45, 2.75) is 55.6 Å². The van der Waals surface area contributed by atoms with Gasteiger partial charge in [0.05, 0.1) is 4.75 Å². The normalized spacial score (nSPS) is 38.3. The Morgan fingerprint density at radius 3 is 2.35 bits per heavy atom. The molecule has 1 aromatic rings. The van der Waals surface area contributed by atoms with Crippen LogP contribution in [0.2, 0.25) is 0 Å². The van der Waals surface area contributed by atoms with Crippen molar-refractivity contribution in [2.75, 3.05) is 5.32 Å². The fraction of sp³-hybridized carbons (Fsp3) is 0.650. The van der Waals surface area contributed by atoms with E-state index in [9.17, 15) is 13.2 Å². The number of carbonyl (C=O) groups excluding carboxylic acids is 1. The first-order chi connectivity index (χ1) is 12.4. The van der Waals surface area contributed by atoms with Crippen molar-refractivity contribution in [3.05, 3.63) is 29.8 Å². The molecule has 0 spiro atoms. The molecule has 2 unspecified atom stereocenters. The Bertz CT molecular complexity index is 846. The molecule has 5 aliphatic carbocycles. The van der Waals surface area contributed by atoms with Crippen molar-refractivity contribution in [1.82, 2.24) is 0 Å². The standard InChI is InChI=1S/C20H26N2O3S/c21-26(24,25)20-9-12-7-14(10-20)18(15(8-12)11-20)16-3-1-2-4-17(16)22-19(23)13-5-6-13/h1-4,12-15,18H,5-11H2,(H,22,23)(H2,21,24,25). The quantitative estimate of drug-likeness (QED) is 0.849. The van der Waals surface area contributed by atoms with Gasteiger partial charge in [-0.3, -0.25) is 4.79 Å². The van der Waals surface area contributed by atoms with E-state index in [0.29, 0.717) is 36.5 Å². The van der Waals surface area contributed by atoms with Crippen LogP contribution in [0.25, 0.3) is 0 Å². The number of rotatable bonds is 4. The summed E-state index contributed by atoms with van der Waals surface area (Å²) in [6, 6.07) is 8.12. The molecule has 0 aliphatic heterocycles. The lowest BCUT2D eigenvalue weighted by Gasteiger charge is -2.59. The molecule has 5 fully saturated rings. The van der Waals surface area contributed by atoms with Crippen LogP contribution in [0.3, 0.4) is 0 Å². The molecular weight excluding hydrogens is 348 g/mol. The Balaban J connectivity index is 1.48. The number of hydrogen-bond acceptors (Lipinski definition) is 3. The van der Waals surface area contributed by atoms with E-state index in [2.05, 4.69) is 11.4 Å². The lowest BCUT2D eigenvalue weighted by Crippen LogP contribution is -2.59. The molecule has 5 saturated carbocycles. The van der Waals surface area contributed by atoms with Gasteiger partial charge >= 0.3 is 0 Å². The van der Waals surface area contributed by atoms with Crippen LogP contribution >= 0.6 is 0 Å². The van der Waals surface area contributed by atoms with Crippen LogP contribution in [-0.2, 0) is 14.8 Å². The van der Waals surface area contributed by atoms with Crippen molar-refractivity contribution in [2.24, 2.45) is 28.8 Å². The number of amides is 1. The van der Waals surface area contributed by atoms with Crippen LogP contribution in [0.5, 0.6) is 0 Å². The first-order valence-electron chi connectivity index (χ1n) is 9.78. The number of primary sulfonamides is 1. The van der Waals surface area contributed by atoms with Gasteiger partial charge in [0.2, 0.25) is 15.9 Å². The highest BCUT2D eigenvalue weighted by molar-refractivity contribution is 7.90. The van der Waals surface area contributed by atoms with Gasteiger partial charge in [-0.25, -0.2) is 13.6 Å². The minimum Gasteiger partial charge on any atom is -0.326 e. The summed E-state index contributed by atoms with van der Waals surface area (Å²) in [4.78, 5) is 12.3. The molecule has 0 aromatic heterocycles. The molecule has 1 aromatic carbocycles. The number of hydrogen-bond donors (Lipinski definition) is 2. The Hall–Kier alpha value is -1.40. The molecule has 0 radical (unpaired) electrons. The molecular formula is C20H26N2O3S. The maximum absolute atomic E-state index is 12.3. The van der Waals surface area contributed by atoms with Crippen LogP contribution in [0.4, 0.5) is 5.69 Å². The van der Waals surface area contributed by atoms with Gasteiger partial charge in [-0.05, 0) is 80.2 Å². The predicted octanol–water partition coefficient (Wildman–Crippen LogP) is 2.99. The van der Waals surface area contributed by atoms with E-state index in [-0.39, 0.29) is 11.8 Å². The second-order valence-electron chi connectivity index (χ2n) is 9.07. The van der Waals surface area contributed by atoms with E-state index in [1.807, 2.05) is 18.2 Å². The second-order valence-corrected chi connectivity index (χ2v) is 11.0. The number of sulfonamides is 1. The lowest BCUT2D eigenvalue weighted by molar-refractivity contribution is -0.117. The van der Waals surface area contributed by atoms with Gasteiger partial charge in [0.1, 0.15) is 0 Å². The molecule has 0 saturated heterocycles. The molecule has 6 heteroatoms. The summed E-state index contributed by atoms with van der Waals surface area (Å²) in [7, 11) is -3.53. The van der Waals surface area contributed by atoms with Gasteiger partial charge in [-0.15, -0.1) is 0 Å². The number of anilines is 1. The molecule has 5 nitrogen and oxygen atoms in total. The SMILES string of the molecule is NS(=O)(=O)C12CC3CC(C1)C(c1ccccc1NC(=O)C1CC1)C(C3)C2. The van der Waals surface area contributed by atoms with Crippen molar-refractivity contribution in [3.8, 4) is 0 Å². The number of nitrogens with two attached hydrogens (primary N) is 1. The van der Waals surface area contributed by atoms with Crippen molar-refractivity contribution < 1.29 is 13.2 Å². The third-order valence-electron chi connectivity index (χ3n) is 7.35. The summed E-state index contributed by atoms with van der Waals surface area (Å²) in [5.41, 5.74) is 2.12. The Morgan fingerprint density at radius 2 is 1.73 bits per heavy atom. The summed E-state index contributed by atoms with van der Waals surface area (Å²) in [5.74, 6) is 1.80. The molecule has 1 amide bonds. The van der Waals surface area contributed by atoms with Crippen LogP contribution in [0.15, 0.2) is 24.3 Å². The molecule has 6 rings (SSSR count). The third-order valence-corrected chi connectivity index (χ3v) is 9.05. The van der Waals surface area contributed by atoms with Crippen LogP contribution in [0, 0.1) is 23.7 Å². The van der Waals surface area contributed by atoms with Crippen LogP contribution < -0.4 is 10.5 Å². The zero-order chi connectivity index (χ0) is 18.1. The van der Waals surface area contributed by atoms with Crippen LogP contribution in [-0.4, -0.2) is 19.1 Å². The summed E-state index contributed by atoms with van der Waals surface area (Å²) < 4.78 is 24.0. The average Bonchev–Trinajstić information content (AvgIpc) is 3.39. The fourth-order valence-corrected chi connectivity index (χ4v) is 7.65. The van der Waals surface area contributed by atoms with Crippen molar-refractivity contribution in [1.29, 1.82) is 0 Å². The minimum atomic E-state index is -3.53. The van der Waals surface area contributed by atoms with E-state index in [0.717, 1.165) is 37.8 Å².